The summed E-state index contributed by atoms with van der Waals surface area (Å²) in [6.45, 7) is 7.72. The predicted octanol–water partition coefficient (Wildman–Crippen LogP) is 3.97. The number of carbonyl (C=O) groups excluding carboxylic acids is 2. The third-order valence-corrected chi connectivity index (χ3v) is 6.65. The number of rotatable bonds is 2. The standard InChI is InChI=1S/C15H27IN2O3/c1-10-7-8-11(13(19)18(5)6)9-12(10)16-17-14(20)21-15(2,3)4/h10-12H,7-9H2,1-6H3/t10-,11+,12?/m1/s1. The van der Waals surface area contributed by atoms with Crippen molar-refractivity contribution < 1.29 is 14.3 Å². The molecule has 3 atom stereocenters. The van der Waals surface area contributed by atoms with Gasteiger partial charge in [0, 0.05) is 45.0 Å². The van der Waals surface area contributed by atoms with Crippen LogP contribution in [0, 0.1) is 11.8 Å². The van der Waals surface area contributed by atoms with Crippen LogP contribution in [0.5, 0.6) is 0 Å². The Morgan fingerprint density at radius 1 is 1.24 bits per heavy atom. The normalized spacial score (nSPS) is 27.0. The highest BCUT2D eigenvalue weighted by Crippen LogP contribution is 2.37. The molecule has 0 radical (unpaired) electrons. The van der Waals surface area contributed by atoms with Gasteiger partial charge in [-0.15, -0.1) is 0 Å². The molecule has 1 aliphatic carbocycles. The Labute approximate surface area is 138 Å². The summed E-state index contributed by atoms with van der Waals surface area (Å²) in [6.07, 6.45) is 2.39. The van der Waals surface area contributed by atoms with Crippen molar-refractivity contribution in [1.82, 2.24) is 4.90 Å². The summed E-state index contributed by atoms with van der Waals surface area (Å²) in [7, 11) is 3.60. The Balaban J connectivity index is 2.64. The Morgan fingerprint density at radius 2 is 1.86 bits per heavy atom. The minimum Gasteiger partial charge on any atom is -0.442 e. The average molecular weight is 410 g/mol. The molecule has 5 nitrogen and oxygen atoms in total. The summed E-state index contributed by atoms with van der Waals surface area (Å²) < 4.78 is 9.76. The molecule has 1 rings (SSSR count). The molecular formula is C15H27IN2O3. The fraction of sp³-hybridized carbons (Fsp3) is 0.867. The third-order valence-electron chi connectivity index (χ3n) is 3.52. The van der Waals surface area contributed by atoms with E-state index in [-0.39, 0.29) is 11.8 Å². The minimum absolute atomic E-state index is 0.0923. The van der Waals surface area contributed by atoms with Crippen LogP contribution in [0.3, 0.4) is 0 Å². The molecule has 2 amide bonds. The van der Waals surface area contributed by atoms with Gasteiger partial charge >= 0.3 is 6.09 Å². The molecule has 1 fully saturated rings. The fourth-order valence-electron chi connectivity index (χ4n) is 2.37. The molecule has 0 aromatic rings. The van der Waals surface area contributed by atoms with Gasteiger partial charge in [0.05, 0.1) is 0 Å². The second-order valence-electron chi connectivity index (χ2n) is 6.90. The number of carbonyl (C=O) groups is 2. The Bertz CT molecular complexity index is 416. The van der Waals surface area contributed by atoms with Crippen LogP contribution >= 0.6 is 21.0 Å². The molecule has 0 spiro atoms. The molecule has 1 saturated carbocycles. The lowest BCUT2D eigenvalue weighted by atomic mass is 9.82. The molecule has 122 valence electrons. The van der Waals surface area contributed by atoms with Crippen molar-refractivity contribution in [3.63, 3.8) is 0 Å². The summed E-state index contributed by atoms with van der Waals surface area (Å²) in [5, 5.41) is 0. The molecule has 21 heavy (non-hydrogen) atoms. The van der Waals surface area contributed by atoms with E-state index in [1.54, 1.807) is 19.0 Å². The van der Waals surface area contributed by atoms with Gasteiger partial charge in [-0.1, -0.05) is 6.92 Å². The van der Waals surface area contributed by atoms with Gasteiger partial charge < -0.3 is 9.64 Å². The van der Waals surface area contributed by atoms with E-state index >= 15 is 0 Å². The molecule has 0 aromatic heterocycles. The van der Waals surface area contributed by atoms with Crippen molar-refractivity contribution in [2.75, 3.05) is 14.1 Å². The third kappa shape index (κ3) is 6.40. The van der Waals surface area contributed by atoms with Gasteiger partial charge in [0.2, 0.25) is 5.91 Å². The van der Waals surface area contributed by atoms with Crippen LogP contribution in [-0.2, 0) is 9.53 Å². The van der Waals surface area contributed by atoms with Crippen LogP contribution in [0.2, 0.25) is 0 Å². The summed E-state index contributed by atoms with van der Waals surface area (Å²) in [6, 6.07) is 0. The maximum Gasteiger partial charge on any atom is 0.438 e. The van der Waals surface area contributed by atoms with Crippen molar-refractivity contribution in [3.8, 4) is 0 Å². The Hall–Kier alpha value is -0.530. The van der Waals surface area contributed by atoms with Gasteiger partial charge in [-0.05, 0) is 46.0 Å². The first kappa shape index (κ1) is 18.5. The summed E-state index contributed by atoms with van der Waals surface area (Å²) in [5.74, 6) is 0.832. The quantitative estimate of drug-likeness (QED) is 0.511. The van der Waals surface area contributed by atoms with Crippen LogP contribution in [0.15, 0.2) is 3.15 Å². The SMILES string of the molecule is C[C@@H]1CC[C@H](C(=O)N(C)C)CC1I=NC(=O)OC(C)(C)C. The second kappa shape index (κ2) is 7.65. The van der Waals surface area contributed by atoms with E-state index in [1.165, 1.54) is 0 Å². The first-order chi connectivity index (χ1) is 9.60. The molecule has 1 unspecified atom stereocenters. The van der Waals surface area contributed by atoms with Gasteiger partial charge in [-0.25, -0.2) is 4.79 Å². The van der Waals surface area contributed by atoms with Gasteiger partial charge in [0.1, 0.15) is 5.60 Å². The fourth-order valence-corrected chi connectivity index (χ4v) is 4.81. The molecule has 6 heteroatoms. The highest BCUT2D eigenvalue weighted by atomic mass is 127. The zero-order chi connectivity index (χ0) is 16.2. The van der Waals surface area contributed by atoms with E-state index in [1.807, 2.05) is 20.8 Å². The number of hydrogen-bond donors (Lipinski definition) is 0. The van der Waals surface area contributed by atoms with E-state index in [4.69, 9.17) is 4.74 Å². The maximum atomic E-state index is 12.1. The van der Waals surface area contributed by atoms with Crippen molar-refractivity contribution >= 4 is 33.0 Å². The van der Waals surface area contributed by atoms with Crippen LogP contribution in [-0.4, -0.2) is 40.5 Å². The molecule has 0 heterocycles. The monoisotopic (exact) mass is 410 g/mol. The number of ether oxygens (including phenoxy) is 1. The number of hydrogen-bond acceptors (Lipinski definition) is 3. The Kier molecular flexibility index (Phi) is 6.74. The zero-order valence-electron chi connectivity index (χ0n) is 13.9. The van der Waals surface area contributed by atoms with Gasteiger partial charge in [-0.2, -0.15) is 3.15 Å². The smallest absolute Gasteiger partial charge is 0.438 e. The van der Waals surface area contributed by atoms with Crippen molar-refractivity contribution in [2.45, 2.75) is 56.5 Å². The summed E-state index contributed by atoms with van der Waals surface area (Å²) >= 11 is -0.624. The molecule has 0 aromatic carbocycles. The van der Waals surface area contributed by atoms with Gasteiger partial charge in [-0.3, -0.25) is 4.79 Å². The van der Waals surface area contributed by atoms with Crippen LogP contribution in [0.1, 0.15) is 47.0 Å². The largest absolute Gasteiger partial charge is 0.442 e. The van der Waals surface area contributed by atoms with E-state index in [2.05, 4.69) is 10.1 Å². The van der Waals surface area contributed by atoms with E-state index < -0.39 is 32.7 Å². The van der Waals surface area contributed by atoms with Crippen LogP contribution < -0.4 is 0 Å². The first-order valence-electron chi connectivity index (χ1n) is 7.38. The Morgan fingerprint density at radius 3 is 2.38 bits per heavy atom. The molecule has 0 saturated heterocycles. The van der Waals surface area contributed by atoms with Gasteiger partial charge in [0.25, 0.3) is 0 Å². The molecule has 0 bridgehead atoms. The zero-order valence-corrected chi connectivity index (χ0v) is 16.0. The predicted molar refractivity (Wildman–Crippen MR) is 91.7 cm³/mol. The van der Waals surface area contributed by atoms with Crippen LogP contribution in [0.4, 0.5) is 4.79 Å². The summed E-state index contributed by atoms with van der Waals surface area (Å²) in [5.41, 5.74) is -0.494. The van der Waals surface area contributed by atoms with Gasteiger partial charge in [0.15, 0.2) is 0 Å². The van der Waals surface area contributed by atoms with Crippen LogP contribution in [0.25, 0.3) is 0 Å². The maximum absolute atomic E-state index is 12.1. The lowest BCUT2D eigenvalue weighted by Gasteiger charge is -2.32. The molecule has 1 aliphatic rings. The number of halogens is 1. The lowest BCUT2D eigenvalue weighted by molar-refractivity contribution is -0.134. The van der Waals surface area contributed by atoms with Crippen molar-refractivity contribution in [1.29, 1.82) is 0 Å². The molecule has 0 N–H and O–H groups in total. The van der Waals surface area contributed by atoms with E-state index in [0.29, 0.717) is 9.84 Å². The second-order valence-corrected chi connectivity index (χ2v) is 9.54. The average Bonchev–Trinajstić information content (AvgIpc) is 2.34. The molecular weight excluding hydrogens is 383 g/mol. The summed E-state index contributed by atoms with van der Waals surface area (Å²) in [4.78, 5) is 25.5. The number of amides is 2. The highest BCUT2D eigenvalue weighted by Gasteiger charge is 2.32. The first-order valence-corrected chi connectivity index (χ1v) is 9.59. The molecule has 0 aliphatic heterocycles. The van der Waals surface area contributed by atoms with Crippen molar-refractivity contribution in [3.05, 3.63) is 0 Å². The topological polar surface area (TPSA) is 59.0 Å². The highest BCUT2D eigenvalue weighted by molar-refractivity contribution is 14.2. The lowest BCUT2D eigenvalue weighted by Crippen LogP contribution is -2.35. The number of nitrogens with zero attached hydrogens (tertiary/aromatic N) is 2. The number of alkyl halides is 1. The minimum atomic E-state index is -0.624. The van der Waals surface area contributed by atoms with E-state index in [0.717, 1.165) is 19.3 Å². The van der Waals surface area contributed by atoms with Crippen molar-refractivity contribution in [2.24, 2.45) is 15.0 Å². The van der Waals surface area contributed by atoms with E-state index in [9.17, 15) is 9.59 Å².